The van der Waals surface area contributed by atoms with Crippen molar-refractivity contribution in [3.63, 3.8) is 0 Å². The molecule has 33 heteroatoms. The van der Waals surface area contributed by atoms with E-state index in [0.717, 1.165) is 80.6 Å². The summed E-state index contributed by atoms with van der Waals surface area (Å²) in [6, 6.07) is 1.23. The molecule has 7 aliphatic rings. The summed E-state index contributed by atoms with van der Waals surface area (Å²) in [5.74, 6) is -13.4. The van der Waals surface area contributed by atoms with E-state index in [0.29, 0.717) is 19.3 Å². The fourth-order valence-corrected chi connectivity index (χ4v) is 13.0. The number of halogens is 1. The second-order valence-electron chi connectivity index (χ2n) is 27.0. The van der Waals surface area contributed by atoms with Crippen LogP contribution < -0.4 is 72.5 Å². The number of primary amides is 1. The number of aromatic hydroxyl groups is 2. The zero-order chi connectivity index (χ0) is 75.8. The summed E-state index contributed by atoms with van der Waals surface area (Å²) in [4.78, 5) is 133. The molecule has 6 heterocycles. The van der Waals surface area contributed by atoms with Crippen LogP contribution in [0.3, 0.4) is 0 Å². The first-order chi connectivity index (χ1) is 50.0. The molecule has 0 spiro atoms. The van der Waals surface area contributed by atoms with Gasteiger partial charge in [0.1, 0.15) is 102 Å². The fraction of sp³-hybridized carbons (Fsp3) is 0.458. The number of carbonyl (C=O) groups is 9. The number of unbranched alkanes of at least 4 members (excludes halogenated alkanes) is 5. The summed E-state index contributed by atoms with van der Waals surface area (Å²) in [6.45, 7) is 6.56. The Labute approximate surface area is 607 Å². The van der Waals surface area contributed by atoms with Crippen molar-refractivity contribution in [3.05, 3.63) is 117 Å². The molecule has 0 unspecified atom stereocenters. The van der Waals surface area contributed by atoms with Gasteiger partial charge in [0, 0.05) is 29.8 Å². The van der Waals surface area contributed by atoms with Crippen molar-refractivity contribution in [1.82, 2.24) is 47.9 Å². The molecular formula is C72H87ClN10O22. The molecule has 32 nitrogen and oxygen atoms in total. The number of amides is 9. The number of carbonyl (C=O) groups excluding carboxylic acids is 9. The highest BCUT2D eigenvalue weighted by atomic mass is 35.5. The largest absolute Gasteiger partial charge is 0.507 e. The minimum absolute atomic E-state index is 0.0134. The van der Waals surface area contributed by atoms with Gasteiger partial charge in [-0.3, -0.25) is 38.4 Å². The third-order valence-electron chi connectivity index (χ3n) is 18.6. The lowest BCUT2D eigenvalue weighted by molar-refractivity contribution is -0.277. The van der Waals surface area contributed by atoms with Gasteiger partial charge in [0.2, 0.25) is 59.3 Å². The molecule has 1 saturated heterocycles. The molecule has 9 amide bonds. The number of phenols is 2. The molecule has 19 N–H and O–H groups in total. The number of benzene rings is 5. The number of phenolic OH excluding ortho intramolecular Hbond substituents is 2. The van der Waals surface area contributed by atoms with Crippen LogP contribution in [-0.4, -0.2) is 175 Å². The van der Waals surface area contributed by atoms with Gasteiger partial charge in [-0.2, -0.15) is 0 Å². The lowest BCUT2D eigenvalue weighted by Gasteiger charge is -2.39. The molecule has 5 aromatic carbocycles. The minimum Gasteiger partial charge on any atom is -0.507 e. The molecule has 564 valence electrons. The van der Waals surface area contributed by atoms with E-state index in [1.54, 1.807) is 0 Å². The molecule has 2 fully saturated rings. The maximum atomic E-state index is 16.1. The molecule has 0 radical (unpaired) electrons. The summed E-state index contributed by atoms with van der Waals surface area (Å²) in [7, 11) is 1.50. The van der Waals surface area contributed by atoms with Gasteiger partial charge in [-0.1, -0.05) is 82.7 Å². The van der Waals surface area contributed by atoms with Crippen LogP contribution in [0.15, 0.2) is 78.9 Å². The number of aryl methyl sites for hydroxylation is 1. The average molecular weight is 1480 g/mol. The summed E-state index contributed by atoms with van der Waals surface area (Å²) < 4.78 is 31.1. The third kappa shape index (κ3) is 18.3. The van der Waals surface area contributed by atoms with Gasteiger partial charge in [-0.05, 0) is 134 Å². The van der Waals surface area contributed by atoms with E-state index in [-0.39, 0.29) is 80.1 Å². The molecule has 0 aromatic heterocycles. The smallest absolute Gasteiger partial charge is 0.412 e. The minimum atomic E-state index is -2.28. The monoisotopic (exact) mass is 1480 g/mol. The van der Waals surface area contributed by atoms with Crippen LogP contribution in [-0.2, 0) is 43.1 Å². The Balaban J connectivity index is 1.19. The standard InChI is InChI=1S/C72H87ClN10O22/c1-6-7-8-9-10-11-20-76-72(100)101-38-27-40-52(45(86)28-38)39-23-33(12-17-44(39)85)53-66(95)83-57(70(99)81-55(40)68(97)77-37-15-16-37)59(89)35-14-19-47(41(73)24-35)103-49-26-36-25-48(63(49)105-71-62(92)61(91)60(90)50(30-84)104-71)102-46-18-13-34(22-32(46)4)58(88)56(82-64(93)42(75-5)21-31(2)3)69(98)78-43(29-51(74)87)65(94)79-54(36)67(96)80-53/h12-14,17-19,22-28,31,37,42-43,50,53-62,71,75,84-86,88-92H,6-11,15-16,20-21,29-30H2,1-5H3,(H2,74,87)(H,76,100)(H,77,97)(H,78,98)(H,79,94)(H,80,96)(H,81,99)(H,82,93)(H,83,95)/t42-,43+,50-,53-,54-,55+,56-,57+,58-,59-,60-,61+,62-,71+/m1/s1. The highest BCUT2D eigenvalue weighted by Gasteiger charge is 2.47. The Morgan fingerprint density at radius 2 is 1.32 bits per heavy atom. The lowest BCUT2D eigenvalue weighted by atomic mass is 9.89. The van der Waals surface area contributed by atoms with Crippen molar-refractivity contribution in [3.8, 4) is 57.1 Å². The summed E-state index contributed by atoms with van der Waals surface area (Å²) in [5, 5.41) is 116. The van der Waals surface area contributed by atoms with Crippen LogP contribution in [0.25, 0.3) is 11.1 Å². The van der Waals surface area contributed by atoms with E-state index in [9.17, 15) is 64.8 Å². The van der Waals surface area contributed by atoms with Gasteiger partial charge >= 0.3 is 6.09 Å². The number of ether oxygens (including phenoxy) is 5. The van der Waals surface area contributed by atoms with E-state index < -0.39 is 192 Å². The molecule has 1 saturated carbocycles. The first-order valence-corrected chi connectivity index (χ1v) is 34.9. The van der Waals surface area contributed by atoms with Gasteiger partial charge in [-0.15, -0.1) is 0 Å². The second-order valence-corrected chi connectivity index (χ2v) is 27.4. The normalized spacial score (nSPS) is 24.9. The number of hydrogen-bond donors (Lipinski definition) is 18. The summed E-state index contributed by atoms with van der Waals surface area (Å²) >= 11 is 7.09. The average Bonchev–Trinajstić information content (AvgIpc) is 1.69. The first-order valence-electron chi connectivity index (χ1n) is 34.6. The van der Waals surface area contributed by atoms with E-state index in [4.69, 9.17) is 41.0 Å². The Morgan fingerprint density at radius 3 is 1.98 bits per heavy atom. The molecule has 14 atom stereocenters. The Kier molecular flexibility index (Phi) is 25.1. The predicted octanol–water partition coefficient (Wildman–Crippen LogP) is 2.46. The molecule has 105 heavy (non-hydrogen) atoms. The number of aliphatic hydroxyl groups excluding tert-OH is 6. The molecule has 12 rings (SSSR count). The van der Waals surface area contributed by atoms with Crippen LogP contribution in [0.4, 0.5) is 4.79 Å². The predicted molar refractivity (Wildman–Crippen MR) is 372 cm³/mol. The van der Waals surface area contributed by atoms with Crippen LogP contribution in [0.2, 0.25) is 5.02 Å². The zero-order valence-electron chi connectivity index (χ0n) is 58.0. The van der Waals surface area contributed by atoms with E-state index in [1.807, 2.05) is 13.8 Å². The van der Waals surface area contributed by atoms with E-state index in [2.05, 4.69) is 54.8 Å². The van der Waals surface area contributed by atoms with Gasteiger partial charge in [0.05, 0.1) is 24.1 Å². The zero-order valence-corrected chi connectivity index (χ0v) is 58.7. The van der Waals surface area contributed by atoms with E-state index in [1.165, 1.54) is 44.3 Å². The van der Waals surface area contributed by atoms with Crippen molar-refractivity contribution in [2.24, 2.45) is 11.7 Å². The lowest BCUT2D eigenvalue weighted by Crippen LogP contribution is -2.60. The second kappa shape index (κ2) is 33.9. The van der Waals surface area contributed by atoms with Gasteiger partial charge in [0.15, 0.2) is 11.5 Å². The maximum absolute atomic E-state index is 16.1. The SMILES string of the molecule is CCCCCCCCNC(=O)Oc1cc(O)c2c(c1)[C@@H](C(=O)NC1CC1)NC(=O)[C@H]1NC(=O)[C@H](NC(=O)[C@@H]3NC(=O)[C@H](CC(N)=O)NC(=O)[C@H](NC(=O)[C@@H](CC(C)C)NC)[C@H](O)c4ccc(c(C)c4)Oc4cc3cc(c4O[C@@H]3O[C@H](CO)[C@@H](O)[C@H](O)[C@H]3O)Oc3ccc(cc3Cl)[C@H]1O)c1ccc(O)c-2c1. The highest BCUT2D eigenvalue weighted by Crippen LogP contribution is 2.49. The van der Waals surface area contributed by atoms with Crippen molar-refractivity contribution >= 4 is 65.0 Å². The van der Waals surface area contributed by atoms with Crippen LogP contribution in [0.5, 0.6) is 46.0 Å². The number of aliphatic hydroxyl groups is 6. The van der Waals surface area contributed by atoms with Gasteiger partial charge < -0.3 is 118 Å². The molecule has 1 aliphatic carbocycles. The number of nitrogens with two attached hydrogens (primary N) is 1. The fourth-order valence-electron chi connectivity index (χ4n) is 12.7. The molecule has 6 aliphatic heterocycles. The summed E-state index contributed by atoms with van der Waals surface area (Å²) in [6.07, 6.45) is -9.02. The topological polar surface area (TPSA) is 496 Å². The van der Waals surface area contributed by atoms with Gasteiger partial charge in [0.25, 0.3) is 0 Å². The Hall–Kier alpha value is -9.90. The van der Waals surface area contributed by atoms with E-state index >= 15 is 19.2 Å². The van der Waals surface area contributed by atoms with Crippen LogP contribution in [0.1, 0.15) is 149 Å². The Morgan fingerprint density at radius 1 is 0.676 bits per heavy atom. The Bertz CT molecular complexity index is 4120. The third-order valence-corrected chi connectivity index (χ3v) is 18.9. The van der Waals surface area contributed by atoms with Crippen molar-refractivity contribution in [2.75, 3.05) is 20.2 Å². The van der Waals surface area contributed by atoms with Crippen molar-refractivity contribution < 1.29 is 108 Å². The first kappa shape index (κ1) is 77.7. The van der Waals surface area contributed by atoms with Crippen LogP contribution >= 0.6 is 11.6 Å². The number of rotatable bonds is 20. The number of hydrogen-bond acceptors (Lipinski definition) is 23. The quantitative estimate of drug-likeness (QED) is 0.0498. The highest BCUT2D eigenvalue weighted by molar-refractivity contribution is 6.32. The number of nitrogens with one attached hydrogen (secondary N) is 9. The van der Waals surface area contributed by atoms with Crippen molar-refractivity contribution in [2.45, 2.75) is 183 Å². The number of fused-ring (bicyclic) bond motifs is 15. The summed E-state index contributed by atoms with van der Waals surface area (Å²) in [5.41, 5.74) is 3.98. The van der Waals surface area contributed by atoms with Crippen LogP contribution in [0, 0.1) is 12.8 Å². The maximum Gasteiger partial charge on any atom is 0.412 e. The molecular weight excluding hydrogens is 1390 g/mol. The van der Waals surface area contributed by atoms with Crippen molar-refractivity contribution in [1.29, 1.82) is 0 Å². The molecule has 11 bridgehead atoms. The number of likely N-dealkylation sites (N-methyl/N-ethyl adjacent to an activating group) is 1. The molecule has 5 aromatic rings. The van der Waals surface area contributed by atoms with Gasteiger partial charge in [-0.25, -0.2) is 4.79 Å².